The quantitative estimate of drug-likeness (QED) is 0.772. The van der Waals surface area contributed by atoms with Crippen LogP contribution in [-0.2, 0) is 22.6 Å². The van der Waals surface area contributed by atoms with E-state index in [1.807, 2.05) is 44.2 Å². The Morgan fingerprint density at radius 3 is 2.19 bits per heavy atom. The van der Waals surface area contributed by atoms with Crippen LogP contribution in [0, 0.1) is 11.7 Å². The average Bonchev–Trinajstić information content (AvgIpc) is 2.65. The molecule has 2 rings (SSSR count). The van der Waals surface area contributed by atoms with Crippen LogP contribution < -0.4 is 5.32 Å². The third-order valence-electron chi connectivity index (χ3n) is 4.32. The summed E-state index contributed by atoms with van der Waals surface area (Å²) < 4.78 is 13.2. The lowest BCUT2D eigenvalue weighted by atomic mass is 10.1. The molecule has 1 atom stereocenters. The van der Waals surface area contributed by atoms with Crippen LogP contribution in [0.15, 0.2) is 54.6 Å². The number of halogens is 1. The molecule has 2 amide bonds. The molecule has 4 nitrogen and oxygen atoms in total. The van der Waals surface area contributed by atoms with Crippen molar-refractivity contribution in [2.75, 3.05) is 6.54 Å². The molecule has 0 fully saturated rings. The molecule has 2 aromatic carbocycles. The first-order valence-electron chi connectivity index (χ1n) is 9.22. The largest absolute Gasteiger partial charge is 0.354 e. The number of nitrogens with zero attached hydrogens (tertiary/aromatic N) is 1. The Labute approximate surface area is 160 Å². The van der Waals surface area contributed by atoms with Crippen molar-refractivity contribution in [1.82, 2.24) is 10.2 Å². The summed E-state index contributed by atoms with van der Waals surface area (Å²) in [7, 11) is 0. The van der Waals surface area contributed by atoms with Gasteiger partial charge in [0, 0.05) is 13.1 Å². The molecule has 0 heterocycles. The number of carbonyl (C=O) groups excluding carboxylic acids is 2. The maximum atomic E-state index is 13.2. The molecule has 0 aliphatic heterocycles. The summed E-state index contributed by atoms with van der Waals surface area (Å²) >= 11 is 0. The SMILES string of the molecule is CC(C)CNC(=O)[C@@H](C)N(Cc1ccc(F)cc1)C(=O)Cc1ccccc1. The van der Waals surface area contributed by atoms with Crippen molar-refractivity contribution in [3.05, 3.63) is 71.5 Å². The monoisotopic (exact) mass is 370 g/mol. The van der Waals surface area contributed by atoms with Gasteiger partial charge in [0.05, 0.1) is 6.42 Å². The fraction of sp³-hybridized carbons (Fsp3) is 0.364. The van der Waals surface area contributed by atoms with Gasteiger partial charge < -0.3 is 10.2 Å². The minimum absolute atomic E-state index is 0.141. The van der Waals surface area contributed by atoms with Crippen LogP contribution >= 0.6 is 0 Å². The number of rotatable bonds is 8. The summed E-state index contributed by atoms with van der Waals surface area (Å²) in [6.07, 6.45) is 0.212. The number of carbonyl (C=O) groups is 2. The van der Waals surface area contributed by atoms with E-state index in [1.165, 1.54) is 12.1 Å². The Balaban J connectivity index is 2.17. The van der Waals surface area contributed by atoms with E-state index in [4.69, 9.17) is 0 Å². The number of nitrogens with one attached hydrogen (secondary N) is 1. The Morgan fingerprint density at radius 2 is 1.59 bits per heavy atom. The van der Waals surface area contributed by atoms with E-state index in [0.29, 0.717) is 12.5 Å². The molecule has 2 aromatic rings. The first kappa shape index (κ1) is 20.6. The molecule has 0 aliphatic rings. The number of benzene rings is 2. The summed E-state index contributed by atoms with van der Waals surface area (Å²) in [6.45, 7) is 6.56. The number of hydrogen-bond acceptors (Lipinski definition) is 2. The van der Waals surface area contributed by atoms with Crippen molar-refractivity contribution in [2.45, 2.75) is 39.8 Å². The van der Waals surface area contributed by atoms with Crippen molar-refractivity contribution < 1.29 is 14.0 Å². The zero-order valence-corrected chi connectivity index (χ0v) is 16.1. The molecular weight excluding hydrogens is 343 g/mol. The molecule has 1 N–H and O–H groups in total. The van der Waals surface area contributed by atoms with Gasteiger partial charge in [-0.15, -0.1) is 0 Å². The third kappa shape index (κ3) is 6.51. The fourth-order valence-electron chi connectivity index (χ4n) is 2.69. The molecule has 0 aromatic heterocycles. The summed E-state index contributed by atoms with van der Waals surface area (Å²) in [5.41, 5.74) is 1.67. The minimum Gasteiger partial charge on any atom is -0.354 e. The summed E-state index contributed by atoms with van der Waals surface area (Å²) in [5, 5.41) is 2.88. The van der Waals surface area contributed by atoms with Gasteiger partial charge in [-0.1, -0.05) is 56.3 Å². The molecule has 0 bridgehead atoms. The summed E-state index contributed by atoms with van der Waals surface area (Å²) in [6, 6.07) is 14.8. The van der Waals surface area contributed by atoms with Crippen LogP contribution in [0.1, 0.15) is 31.9 Å². The highest BCUT2D eigenvalue weighted by Gasteiger charge is 2.26. The van der Waals surface area contributed by atoms with Crippen molar-refractivity contribution in [3.63, 3.8) is 0 Å². The lowest BCUT2D eigenvalue weighted by Gasteiger charge is -2.29. The van der Waals surface area contributed by atoms with Gasteiger partial charge >= 0.3 is 0 Å². The van der Waals surface area contributed by atoms with Gasteiger partial charge in [-0.25, -0.2) is 4.39 Å². The minimum atomic E-state index is -0.620. The van der Waals surface area contributed by atoms with E-state index < -0.39 is 6.04 Å². The predicted octanol–water partition coefficient (Wildman–Crippen LogP) is 3.56. The molecule has 0 aliphatic carbocycles. The lowest BCUT2D eigenvalue weighted by molar-refractivity contribution is -0.140. The van der Waals surface area contributed by atoms with Gasteiger partial charge in [-0.05, 0) is 36.1 Å². The van der Waals surface area contributed by atoms with Gasteiger partial charge in [0.25, 0.3) is 0 Å². The van der Waals surface area contributed by atoms with Gasteiger partial charge in [-0.3, -0.25) is 9.59 Å². The second-order valence-electron chi connectivity index (χ2n) is 7.13. The topological polar surface area (TPSA) is 49.4 Å². The molecule has 0 unspecified atom stereocenters. The van der Waals surface area contributed by atoms with Crippen LogP contribution in [0.5, 0.6) is 0 Å². The Bertz CT molecular complexity index is 745. The van der Waals surface area contributed by atoms with Crippen molar-refractivity contribution in [3.8, 4) is 0 Å². The normalized spacial score (nSPS) is 11.9. The number of hydrogen-bond donors (Lipinski definition) is 1. The predicted molar refractivity (Wildman–Crippen MR) is 104 cm³/mol. The van der Waals surface area contributed by atoms with Crippen LogP contribution in [0.25, 0.3) is 0 Å². The van der Waals surface area contributed by atoms with Gasteiger partial charge in [-0.2, -0.15) is 0 Å². The van der Waals surface area contributed by atoms with Crippen LogP contribution in [0.2, 0.25) is 0 Å². The van der Waals surface area contributed by atoms with Gasteiger partial charge in [0.1, 0.15) is 11.9 Å². The smallest absolute Gasteiger partial charge is 0.242 e. The zero-order chi connectivity index (χ0) is 19.8. The second kappa shape index (κ2) is 9.86. The van der Waals surface area contributed by atoms with Crippen molar-refractivity contribution >= 4 is 11.8 Å². The Hall–Kier alpha value is -2.69. The molecular formula is C22H27FN2O2. The van der Waals surface area contributed by atoms with Gasteiger partial charge in [0.2, 0.25) is 11.8 Å². The highest BCUT2D eigenvalue weighted by molar-refractivity contribution is 5.88. The van der Waals surface area contributed by atoms with Crippen molar-refractivity contribution in [1.29, 1.82) is 0 Å². The maximum Gasteiger partial charge on any atom is 0.242 e. The zero-order valence-electron chi connectivity index (χ0n) is 16.1. The fourth-order valence-corrected chi connectivity index (χ4v) is 2.69. The summed E-state index contributed by atoms with van der Waals surface area (Å²) in [5.74, 6) is -0.333. The molecule has 144 valence electrons. The molecule has 0 saturated carbocycles. The van der Waals surface area contributed by atoms with E-state index in [0.717, 1.165) is 11.1 Å². The van der Waals surface area contributed by atoms with E-state index in [-0.39, 0.29) is 30.6 Å². The third-order valence-corrected chi connectivity index (χ3v) is 4.32. The first-order valence-corrected chi connectivity index (χ1v) is 9.22. The van der Waals surface area contributed by atoms with Gasteiger partial charge in [0.15, 0.2) is 0 Å². The molecule has 0 radical (unpaired) electrons. The van der Waals surface area contributed by atoms with Crippen LogP contribution in [0.4, 0.5) is 4.39 Å². The van der Waals surface area contributed by atoms with E-state index in [9.17, 15) is 14.0 Å². The number of amides is 2. The van der Waals surface area contributed by atoms with E-state index in [2.05, 4.69) is 5.32 Å². The molecule has 0 spiro atoms. The standard InChI is InChI=1S/C22H27FN2O2/c1-16(2)14-24-22(27)17(3)25(15-19-9-11-20(23)12-10-19)21(26)13-18-7-5-4-6-8-18/h4-12,16-17H,13-15H2,1-3H3,(H,24,27)/t17-/m1/s1. The molecule has 27 heavy (non-hydrogen) atoms. The Kier molecular flexibility index (Phi) is 7.53. The highest BCUT2D eigenvalue weighted by atomic mass is 19.1. The highest BCUT2D eigenvalue weighted by Crippen LogP contribution is 2.13. The second-order valence-corrected chi connectivity index (χ2v) is 7.13. The Morgan fingerprint density at radius 1 is 0.963 bits per heavy atom. The maximum absolute atomic E-state index is 13.2. The van der Waals surface area contributed by atoms with E-state index >= 15 is 0 Å². The van der Waals surface area contributed by atoms with Crippen LogP contribution in [0.3, 0.4) is 0 Å². The average molecular weight is 370 g/mol. The van der Waals surface area contributed by atoms with Crippen LogP contribution in [-0.4, -0.2) is 29.3 Å². The van der Waals surface area contributed by atoms with E-state index in [1.54, 1.807) is 24.0 Å². The first-order chi connectivity index (χ1) is 12.9. The molecule has 5 heteroatoms. The summed E-state index contributed by atoms with van der Waals surface area (Å²) in [4.78, 5) is 27.0. The van der Waals surface area contributed by atoms with Crippen molar-refractivity contribution in [2.24, 2.45) is 5.92 Å². The lowest BCUT2D eigenvalue weighted by Crippen LogP contribution is -2.48. The molecule has 0 saturated heterocycles.